The highest BCUT2D eigenvalue weighted by molar-refractivity contribution is 7.90. The number of thiazole rings is 1. The van der Waals surface area contributed by atoms with Gasteiger partial charge >= 0.3 is 5.97 Å². The van der Waals surface area contributed by atoms with Crippen molar-refractivity contribution in [3.63, 3.8) is 0 Å². The molecule has 1 aliphatic heterocycles. The van der Waals surface area contributed by atoms with E-state index >= 15 is 0 Å². The SMILES string of the molecule is CCN1CCN(c2cc(NCc3ccc(S(C)(=O)=O)cc3)nc(Nc3nc(C)c(C(=O)O)s3)n2)CC1. The molecule has 0 unspecified atom stereocenters. The first-order valence-corrected chi connectivity index (χ1v) is 14.2. The van der Waals surface area contributed by atoms with Gasteiger partial charge in [0.15, 0.2) is 15.0 Å². The van der Waals surface area contributed by atoms with E-state index in [-0.39, 0.29) is 9.77 Å². The first-order valence-electron chi connectivity index (χ1n) is 11.5. The van der Waals surface area contributed by atoms with Crippen LogP contribution in [0, 0.1) is 6.92 Å². The largest absolute Gasteiger partial charge is 0.477 e. The van der Waals surface area contributed by atoms with Crippen LogP contribution in [0.2, 0.25) is 0 Å². The first-order chi connectivity index (χ1) is 17.1. The lowest BCUT2D eigenvalue weighted by molar-refractivity contribution is 0.0701. The van der Waals surface area contributed by atoms with E-state index in [1.165, 1.54) is 6.26 Å². The van der Waals surface area contributed by atoms with Gasteiger partial charge in [-0.3, -0.25) is 5.32 Å². The minimum absolute atomic E-state index is 0.167. The van der Waals surface area contributed by atoms with Crippen LogP contribution in [0.15, 0.2) is 35.2 Å². The third-order valence-electron chi connectivity index (χ3n) is 5.89. The van der Waals surface area contributed by atoms with Gasteiger partial charge in [-0.25, -0.2) is 18.2 Å². The lowest BCUT2D eigenvalue weighted by atomic mass is 10.2. The number of sulfone groups is 1. The average molecular weight is 532 g/mol. The number of aromatic nitrogens is 3. The summed E-state index contributed by atoms with van der Waals surface area (Å²) in [5.74, 6) is 0.626. The lowest BCUT2D eigenvalue weighted by Gasteiger charge is -2.34. The summed E-state index contributed by atoms with van der Waals surface area (Å²) >= 11 is 1.03. The number of carboxylic acids is 1. The number of hydrogen-bond acceptors (Lipinski definition) is 11. The standard InChI is InChI=1S/C23H29N7O4S2/c1-4-29-9-11-30(12-10-29)19-13-18(24-14-16-5-7-17(8-6-16)36(3,33)34)26-22(27-19)28-23-25-15(2)20(35-23)21(31)32/h5-8,13H,4,9-12,14H2,1-3H3,(H,31,32)(H2,24,25,26,27,28). The van der Waals surface area contributed by atoms with E-state index in [1.54, 1.807) is 31.2 Å². The molecule has 4 rings (SSSR count). The summed E-state index contributed by atoms with van der Waals surface area (Å²) in [6.07, 6.45) is 1.18. The number of anilines is 4. The molecular weight excluding hydrogens is 502 g/mol. The monoisotopic (exact) mass is 531 g/mol. The van der Waals surface area contributed by atoms with E-state index in [0.29, 0.717) is 29.1 Å². The molecule has 0 spiro atoms. The van der Waals surface area contributed by atoms with Gasteiger partial charge in [-0.2, -0.15) is 9.97 Å². The maximum atomic E-state index is 11.7. The van der Waals surface area contributed by atoms with Crippen molar-refractivity contribution in [1.82, 2.24) is 19.9 Å². The fourth-order valence-electron chi connectivity index (χ4n) is 3.83. The summed E-state index contributed by atoms with van der Waals surface area (Å²) in [4.78, 5) is 30.0. The quantitative estimate of drug-likeness (QED) is 0.375. The van der Waals surface area contributed by atoms with Gasteiger partial charge in [0.2, 0.25) is 5.95 Å². The average Bonchev–Trinajstić information content (AvgIpc) is 3.22. The highest BCUT2D eigenvalue weighted by Crippen LogP contribution is 2.27. The zero-order chi connectivity index (χ0) is 25.9. The number of nitrogens with one attached hydrogen (secondary N) is 2. The summed E-state index contributed by atoms with van der Waals surface area (Å²) < 4.78 is 23.4. The second-order valence-corrected chi connectivity index (χ2v) is 11.5. The van der Waals surface area contributed by atoms with Gasteiger partial charge in [0.1, 0.15) is 16.5 Å². The Morgan fingerprint density at radius 1 is 1.11 bits per heavy atom. The van der Waals surface area contributed by atoms with E-state index in [4.69, 9.17) is 0 Å². The van der Waals surface area contributed by atoms with Crippen LogP contribution < -0.4 is 15.5 Å². The Labute approximate surface area is 214 Å². The maximum Gasteiger partial charge on any atom is 0.347 e. The number of aromatic carboxylic acids is 1. The van der Waals surface area contributed by atoms with E-state index in [2.05, 4.69) is 42.3 Å². The Morgan fingerprint density at radius 2 is 1.81 bits per heavy atom. The summed E-state index contributed by atoms with van der Waals surface area (Å²) in [5.41, 5.74) is 1.33. The van der Waals surface area contributed by atoms with Crippen LogP contribution in [0.1, 0.15) is 27.9 Å². The van der Waals surface area contributed by atoms with Crippen LogP contribution in [-0.2, 0) is 16.4 Å². The van der Waals surface area contributed by atoms with Crippen LogP contribution >= 0.6 is 11.3 Å². The highest BCUT2D eigenvalue weighted by atomic mass is 32.2. The van der Waals surface area contributed by atoms with Gasteiger partial charge in [0.05, 0.1) is 10.6 Å². The molecule has 0 radical (unpaired) electrons. The van der Waals surface area contributed by atoms with Gasteiger partial charge in [-0.1, -0.05) is 30.4 Å². The topological polar surface area (TPSA) is 141 Å². The predicted octanol–water partition coefficient (Wildman–Crippen LogP) is 2.84. The zero-order valence-electron chi connectivity index (χ0n) is 20.4. The van der Waals surface area contributed by atoms with Gasteiger partial charge in [-0.05, 0) is 31.2 Å². The number of carboxylic acid groups (broad SMARTS) is 1. The zero-order valence-corrected chi connectivity index (χ0v) is 22.0. The molecule has 192 valence electrons. The smallest absolute Gasteiger partial charge is 0.347 e. The van der Waals surface area contributed by atoms with Crippen molar-refractivity contribution in [2.24, 2.45) is 0 Å². The summed E-state index contributed by atoms with van der Waals surface area (Å²) in [6.45, 7) is 8.77. The van der Waals surface area contributed by atoms with Crippen molar-refractivity contribution in [3.05, 3.63) is 46.5 Å². The molecule has 36 heavy (non-hydrogen) atoms. The molecule has 1 fully saturated rings. The lowest BCUT2D eigenvalue weighted by Crippen LogP contribution is -2.46. The molecule has 11 nitrogen and oxygen atoms in total. The predicted molar refractivity (Wildman–Crippen MR) is 140 cm³/mol. The summed E-state index contributed by atoms with van der Waals surface area (Å²) in [7, 11) is -3.25. The van der Waals surface area contributed by atoms with Gasteiger partial charge in [0.25, 0.3) is 0 Å². The summed E-state index contributed by atoms with van der Waals surface area (Å²) in [6, 6.07) is 8.58. The van der Waals surface area contributed by atoms with Crippen LogP contribution in [0.25, 0.3) is 0 Å². The van der Waals surface area contributed by atoms with Crippen LogP contribution in [0.3, 0.4) is 0 Å². The Morgan fingerprint density at radius 3 is 2.39 bits per heavy atom. The summed E-state index contributed by atoms with van der Waals surface area (Å²) in [5, 5.41) is 16.1. The van der Waals surface area contributed by atoms with Crippen molar-refractivity contribution < 1.29 is 18.3 Å². The Kier molecular flexibility index (Phi) is 7.71. The fraction of sp³-hybridized carbons (Fsp3) is 0.391. The Hall–Kier alpha value is -3.29. The third kappa shape index (κ3) is 6.28. The van der Waals surface area contributed by atoms with E-state index in [1.807, 2.05) is 6.07 Å². The number of likely N-dealkylation sites (N-methyl/N-ethyl adjacent to an activating group) is 1. The molecule has 0 saturated carbocycles. The van der Waals surface area contributed by atoms with Crippen molar-refractivity contribution in [1.29, 1.82) is 0 Å². The highest BCUT2D eigenvalue weighted by Gasteiger charge is 2.20. The molecule has 0 atom stereocenters. The molecule has 0 amide bonds. The maximum absolute atomic E-state index is 11.7. The number of carbonyl (C=O) groups is 1. The molecule has 0 aliphatic carbocycles. The Bertz CT molecular complexity index is 1330. The van der Waals surface area contributed by atoms with Crippen LogP contribution in [0.5, 0.6) is 0 Å². The van der Waals surface area contributed by atoms with Crippen LogP contribution in [0.4, 0.5) is 22.7 Å². The van der Waals surface area contributed by atoms with Crippen molar-refractivity contribution in [3.8, 4) is 0 Å². The minimum atomic E-state index is -3.25. The van der Waals surface area contributed by atoms with E-state index in [0.717, 1.165) is 55.4 Å². The number of benzene rings is 1. The minimum Gasteiger partial charge on any atom is -0.477 e. The first kappa shape index (κ1) is 25.8. The normalized spacial score (nSPS) is 14.6. The molecule has 1 aromatic carbocycles. The fourth-order valence-corrected chi connectivity index (χ4v) is 5.26. The molecule has 2 aromatic heterocycles. The molecule has 1 saturated heterocycles. The number of rotatable bonds is 9. The second kappa shape index (κ2) is 10.8. The molecule has 3 N–H and O–H groups in total. The van der Waals surface area contributed by atoms with Gasteiger partial charge in [0, 0.05) is 45.0 Å². The molecule has 3 aromatic rings. The van der Waals surface area contributed by atoms with Crippen LogP contribution in [-0.4, -0.2) is 78.3 Å². The van der Waals surface area contributed by atoms with Gasteiger partial charge in [-0.15, -0.1) is 0 Å². The van der Waals surface area contributed by atoms with E-state index < -0.39 is 15.8 Å². The van der Waals surface area contributed by atoms with Crippen molar-refractivity contribution in [2.45, 2.75) is 25.3 Å². The number of piperazine rings is 1. The number of hydrogen-bond donors (Lipinski definition) is 3. The Balaban J connectivity index is 1.56. The number of aryl methyl sites for hydroxylation is 1. The molecule has 0 bridgehead atoms. The van der Waals surface area contributed by atoms with E-state index in [9.17, 15) is 18.3 Å². The third-order valence-corrected chi connectivity index (χ3v) is 8.08. The molecular formula is C23H29N7O4S2. The van der Waals surface area contributed by atoms with Crippen molar-refractivity contribution >= 4 is 49.9 Å². The molecule has 13 heteroatoms. The van der Waals surface area contributed by atoms with Crippen molar-refractivity contribution in [2.75, 3.05) is 54.5 Å². The number of nitrogens with zero attached hydrogens (tertiary/aromatic N) is 5. The van der Waals surface area contributed by atoms with Gasteiger partial charge < -0.3 is 20.2 Å². The second-order valence-electron chi connectivity index (χ2n) is 8.49. The molecule has 3 heterocycles. The molecule has 1 aliphatic rings.